The molecule has 2 rings (SSSR count). The van der Waals surface area contributed by atoms with Crippen LogP contribution in [-0.4, -0.2) is 8.32 Å². The number of benzene rings is 2. The van der Waals surface area contributed by atoms with Gasteiger partial charge in [0, 0.05) is 4.91 Å². The minimum Gasteiger partial charge on any atom is -0.409 e. The van der Waals surface area contributed by atoms with E-state index >= 15 is 0 Å². The lowest BCUT2D eigenvalue weighted by atomic mass is 9.97. The normalized spacial score (nSPS) is 14.4. The molecule has 0 radical (unpaired) electrons. The van der Waals surface area contributed by atoms with E-state index in [1.165, 1.54) is 0 Å². The van der Waals surface area contributed by atoms with Crippen molar-refractivity contribution in [2.75, 3.05) is 0 Å². The van der Waals surface area contributed by atoms with Crippen molar-refractivity contribution in [1.29, 1.82) is 0 Å². The zero-order valence-corrected chi connectivity index (χ0v) is 16.7. The van der Waals surface area contributed by atoms with Crippen molar-refractivity contribution in [2.45, 2.75) is 51.0 Å². The predicted molar refractivity (Wildman–Crippen MR) is 106 cm³/mol. The van der Waals surface area contributed by atoms with Crippen molar-refractivity contribution >= 4 is 8.32 Å². The van der Waals surface area contributed by atoms with Crippen LogP contribution in [0.4, 0.5) is 0 Å². The van der Waals surface area contributed by atoms with Crippen molar-refractivity contribution in [3.05, 3.63) is 82.2 Å². The molecule has 0 unspecified atom stereocenters. The van der Waals surface area contributed by atoms with Crippen LogP contribution in [-0.2, 0) is 4.43 Å². The molecule has 0 spiro atoms. The SMILES string of the molecule is CC(C)(C)[Si](C)(C)O[C@H](c1ccccc1)[C@@H](N=[N+]=[N-])c1ccccc1. The van der Waals surface area contributed by atoms with E-state index in [2.05, 4.69) is 43.9 Å². The molecule has 2 aromatic rings. The van der Waals surface area contributed by atoms with Crippen molar-refractivity contribution in [2.24, 2.45) is 5.11 Å². The van der Waals surface area contributed by atoms with E-state index in [1.807, 2.05) is 60.7 Å². The second kappa shape index (κ2) is 7.87. The van der Waals surface area contributed by atoms with Crippen molar-refractivity contribution in [3.8, 4) is 0 Å². The molecule has 0 saturated heterocycles. The van der Waals surface area contributed by atoms with Crippen LogP contribution in [0, 0.1) is 0 Å². The molecule has 0 heterocycles. The molecule has 0 aliphatic rings. The third-order valence-electron chi connectivity index (χ3n) is 4.96. The zero-order valence-electron chi connectivity index (χ0n) is 15.7. The van der Waals surface area contributed by atoms with Gasteiger partial charge in [0.1, 0.15) is 0 Å². The lowest BCUT2D eigenvalue weighted by Gasteiger charge is -2.41. The topological polar surface area (TPSA) is 58.0 Å². The van der Waals surface area contributed by atoms with Gasteiger partial charge in [0.05, 0.1) is 12.1 Å². The van der Waals surface area contributed by atoms with Crippen LogP contribution in [0.25, 0.3) is 10.4 Å². The third-order valence-corrected chi connectivity index (χ3v) is 9.42. The zero-order chi connectivity index (χ0) is 18.5. The van der Waals surface area contributed by atoms with Gasteiger partial charge in [-0.15, -0.1) is 0 Å². The Morgan fingerprint density at radius 1 is 0.920 bits per heavy atom. The van der Waals surface area contributed by atoms with Gasteiger partial charge >= 0.3 is 0 Å². The molecule has 2 atom stereocenters. The Balaban J connectivity index is 2.52. The average molecular weight is 354 g/mol. The second-order valence-electron chi connectivity index (χ2n) is 7.77. The van der Waals surface area contributed by atoms with Gasteiger partial charge in [0.2, 0.25) is 0 Å². The molecule has 4 nitrogen and oxygen atoms in total. The fraction of sp³-hybridized carbons (Fsp3) is 0.400. The number of azide groups is 1. The fourth-order valence-electron chi connectivity index (χ4n) is 2.46. The van der Waals surface area contributed by atoms with Gasteiger partial charge in [-0.2, -0.15) is 0 Å². The number of hydrogen-bond donors (Lipinski definition) is 0. The van der Waals surface area contributed by atoms with Crippen LogP contribution in [0.5, 0.6) is 0 Å². The van der Waals surface area contributed by atoms with E-state index in [9.17, 15) is 0 Å². The molecule has 0 aliphatic carbocycles. The summed E-state index contributed by atoms with van der Waals surface area (Å²) in [5.41, 5.74) is 11.2. The Morgan fingerprint density at radius 2 is 1.40 bits per heavy atom. The second-order valence-corrected chi connectivity index (χ2v) is 12.5. The Hall–Kier alpha value is -2.07. The molecule has 25 heavy (non-hydrogen) atoms. The van der Waals surface area contributed by atoms with Crippen LogP contribution < -0.4 is 0 Å². The Kier molecular flexibility index (Phi) is 6.06. The van der Waals surface area contributed by atoms with Crippen LogP contribution in [0.1, 0.15) is 44.0 Å². The molecule has 2 aromatic carbocycles. The number of hydrogen-bond acceptors (Lipinski definition) is 2. The highest BCUT2D eigenvalue weighted by atomic mass is 28.4. The smallest absolute Gasteiger partial charge is 0.192 e. The first-order valence-corrected chi connectivity index (χ1v) is 11.5. The van der Waals surface area contributed by atoms with Crippen molar-refractivity contribution < 1.29 is 4.43 Å². The standard InChI is InChI=1S/C20H27N3OSi/c1-20(2,3)25(4,5)24-19(17-14-10-7-11-15-17)18(22-23-21)16-12-8-6-9-13-16/h6-15,18-19H,1-5H3/t18-,19+/m0/s1. The van der Waals surface area contributed by atoms with E-state index in [0.29, 0.717) is 0 Å². The maximum atomic E-state index is 9.17. The van der Waals surface area contributed by atoms with Crippen molar-refractivity contribution in [1.82, 2.24) is 0 Å². The van der Waals surface area contributed by atoms with Gasteiger partial charge in [0.25, 0.3) is 0 Å². The maximum absolute atomic E-state index is 9.17. The fourth-order valence-corrected chi connectivity index (χ4v) is 3.71. The Bertz CT molecular complexity index is 720. The highest BCUT2D eigenvalue weighted by molar-refractivity contribution is 6.74. The van der Waals surface area contributed by atoms with Crippen LogP contribution in [0.2, 0.25) is 18.1 Å². The van der Waals surface area contributed by atoms with Gasteiger partial charge in [-0.25, -0.2) is 0 Å². The Labute approximate surface area is 151 Å². The summed E-state index contributed by atoms with van der Waals surface area (Å²) >= 11 is 0. The lowest BCUT2D eigenvalue weighted by Crippen LogP contribution is -2.42. The van der Waals surface area contributed by atoms with E-state index in [4.69, 9.17) is 9.96 Å². The van der Waals surface area contributed by atoms with Gasteiger partial charge in [-0.3, -0.25) is 0 Å². The molecule has 132 valence electrons. The Morgan fingerprint density at radius 3 is 1.84 bits per heavy atom. The third kappa shape index (κ3) is 4.72. The molecule has 5 heteroatoms. The summed E-state index contributed by atoms with van der Waals surface area (Å²) in [6, 6.07) is 19.5. The number of nitrogens with zero attached hydrogens (tertiary/aromatic N) is 3. The summed E-state index contributed by atoms with van der Waals surface area (Å²) in [5, 5.41) is 4.18. The minimum atomic E-state index is -2.06. The van der Waals surface area contributed by atoms with Gasteiger partial charge in [-0.05, 0) is 34.8 Å². The maximum Gasteiger partial charge on any atom is 0.192 e. The molecule has 0 amide bonds. The molecule has 0 saturated carbocycles. The molecule has 0 bridgehead atoms. The summed E-state index contributed by atoms with van der Waals surface area (Å²) in [6.45, 7) is 11.1. The average Bonchev–Trinajstić information content (AvgIpc) is 2.58. The van der Waals surface area contributed by atoms with E-state index < -0.39 is 14.4 Å². The molecular formula is C20H27N3OSi. The van der Waals surface area contributed by atoms with Crippen LogP contribution in [0.15, 0.2) is 65.8 Å². The highest BCUT2D eigenvalue weighted by Crippen LogP contribution is 2.44. The molecule has 0 fully saturated rings. The number of rotatable bonds is 6. The summed E-state index contributed by atoms with van der Waals surface area (Å²) in [5.74, 6) is 0. The quantitative estimate of drug-likeness (QED) is 0.244. The van der Waals surface area contributed by atoms with Crippen molar-refractivity contribution in [3.63, 3.8) is 0 Å². The van der Waals surface area contributed by atoms with E-state index in [-0.39, 0.29) is 11.1 Å². The van der Waals surface area contributed by atoms with Gasteiger partial charge in [-0.1, -0.05) is 86.5 Å². The summed E-state index contributed by atoms with van der Waals surface area (Å²) in [7, 11) is -2.06. The highest BCUT2D eigenvalue weighted by Gasteiger charge is 2.41. The van der Waals surface area contributed by atoms with Crippen LogP contribution >= 0.6 is 0 Å². The summed E-state index contributed by atoms with van der Waals surface area (Å²) < 4.78 is 6.73. The summed E-state index contributed by atoms with van der Waals surface area (Å²) in [6.07, 6.45) is -0.305. The van der Waals surface area contributed by atoms with E-state index in [0.717, 1.165) is 11.1 Å². The first-order chi connectivity index (χ1) is 11.8. The first kappa shape index (κ1) is 19.3. The molecule has 0 aromatic heterocycles. The largest absolute Gasteiger partial charge is 0.409 e. The molecular weight excluding hydrogens is 326 g/mol. The van der Waals surface area contributed by atoms with Gasteiger partial charge in [0.15, 0.2) is 8.32 Å². The van der Waals surface area contributed by atoms with Crippen LogP contribution in [0.3, 0.4) is 0 Å². The predicted octanol–water partition coefficient (Wildman–Crippen LogP) is 6.80. The summed E-state index contributed by atoms with van der Waals surface area (Å²) in [4.78, 5) is 3.11. The minimum absolute atomic E-state index is 0.0671. The monoisotopic (exact) mass is 353 g/mol. The van der Waals surface area contributed by atoms with E-state index in [1.54, 1.807) is 0 Å². The molecule has 0 aliphatic heterocycles. The van der Waals surface area contributed by atoms with Gasteiger partial charge < -0.3 is 4.43 Å². The lowest BCUT2D eigenvalue weighted by molar-refractivity contribution is 0.154. The first-order valence-electron chi connectivity index (χ1n) is 8.58. The molecule has 0 N–H and O–H groups in total.